The molecule has 0 atom stereocenters. The molecule has 111 valence electrons. The summed E-state index contributed by atoms with van der Waals surface area (Å²) in [5, 5.41) is 0. The summed E-state index contributed by atoms with van der Waals surface area (Å²) < 4.78 is 0. The van der Waals surface area contributed by atoms with Crippen molar-refractivity contribution in [3.8, 4) is 0 Å². The van der Waals surface area contributed by atoms with Crippen LogP contribution in [0.4, 0.5) is 0 Å². The van der Waals surface area contributed by atoms with Gasteiger partial charge in [0.15, 0.2) is 0 Å². The van der Waals surface area contributed by atoms with Gasteiger partial charge < -0.3 is 10.7 Å². The number of rotatable bonds is 4. The zero-order valence-corrected chi connectivity index (χ0v) is 15.9. The van der Waals surface area contributed by atoms with Gasteiger partial charge in [-0.25, -0.2) is 0 Å². The Labute approximate surface area is 153 Å². The number of hydrogen-bond acceptors (Lipinski definition) is 3. The summed E-state index contributed by atoms with van der Waals surface area (Å²) in [6.45, 7) is 4.27. The summed E-state index contributed by atoms with van der Waals surface area (Å²) in [5.41, 5.74) is 8.55. The summed E-state index contributed by atoms with van der Waals surface area (Å²) in [5.74, 6) is 0.442. The second-order valence-corrected chi connectivity index (χ2v) is 5.73. The van der Waals surface area contributed by atoms with Crippen LogP contribution in [0.25, 0.3) is 5.57 Å². The molecule has 0 saturated heterocycles. The van der Waals surface area contributed by atoms with Crippen LogP contribution in [0.2, 0.25) is 0 Å². The van der Waals surface area contributed by atoms with E-state index in [1.807, 2.05) is 18.5 Å². The second-order valence-electron chi connectivity index (χ2n) is 5.73. The molecule has 1 aromatic rings. The first-order valence-electron chi connectivity index (χ1n) is 7.53. The molecule has 4 heteroatoms. The first-order valence-corrected chi connectivity index (χ1v) is 7.53. The monoisotopic (exact) mass is 359 g/mol. The summed E-state index contributed by atoms with van der Waals surface area (Å²) in [7, 11) is 0. The standard InChI is InChI=1S/C17H24N3.Y/c1-13(2)14-8-9-17(20-11-14)15(10-18)12-19-16-6-4-3-5-7-16;/h9-13,16H,3-7,18H2,1-2H3;/q-1;/b15-10+,19-12?;. The van der Waals surface area contributed by atoms with Gasteiger partial charge in [-0.05, 0) is 36.2 Å². The number of nitrogens with two attached hydrogens (primary N) is 1. The molecule has 0 unspecified atom stereocenters. The van der Waals surface area contributed by atoms with Crippen molar-refractivity contribution >= 4 is 11.8 Å². The van der Waals surface area contributed by atoms with Crippen LogP contribution in [0.5, 0.6) is 0 Å². The van der Waals surface area contributed by atoms with E-state index in [0.717, 1.165) is 16.8 Å². The number of aliphatic imine (C=N–C) groups is 1. The summed E-state index contributed by atoms with van der Waals surface area (Å²) >= 11 is 0. The Hall–Kier alpha value is -0.536. The topological polar surface area (TPSA) is 51.3 Å². The van der Waals surface area contributed by atoms with Crippen LogP contribution >= 0.6 is 0 Å². The van der Waals surface area contributed by atoms with E-state index >= 15 is 0 Å². The molecule has 1 aliphatic carbocycles. The van der Waals surface area contributed by atoms with Crippen LogP contribution < -0.4 is 5.73 Å². The Morgan fingerprint density at radius 3 is 2.62 bits per heavy atom. The number of aromatic nitrogens is 1. The smallest absolute Gasteiger partial charge is 0.0499 e. The van der Waals surface area contributed by atoms with Crippen molar-refractivity contribution in [2.75, 3.05) is 0 Å². The summed E-state index contributed by atoms with van der Waals surface area (Å²) in [4.78, 5) is 9.13. The molecular weight excluding hydrogens is 335 g/mol. The fourth-order valence-corrected chi connectivity index (χ4v) is 2.45. The molecule has 0 spiro atoms. The minimum Gasteiger partial charge on any atom is -0.405 e. The molecule has 1 aliphatic rings. The maximum absolute atomic E-state index is 5.71. The van der Waals surface area contributed by atoms with Crippen molar-refractivity contribution in [3.05, 3.63) is 35.8 Å². The maximum Gasteiger partial charge on any atom is 0.0499 e. The van der Waals surface area contributed by atoms with Gasteiger partial charge in [-0.3, -0.25) is 4.99 Å². The molecule has 0 aromatic carbocycles. The molecular formula is C17H24N3Y-. The zero-order valence-electron chi connectivity index (χ0n) is 13.0. The average molecular weight is 359 g/mol. The Bertz CT molecular complexity index is 471. The van der Waals surface area contributed by atoms with Gasteiger partial charge >= 0.3 is 0 Å². The van der Waals surface area contributed by atoms with Crippen molar-refractivity contribution in [1.82, 2.24) is 4.98 Å². The molecule has 21 heavy (non-hydrogen) atoms. The maximum atomic E-state index is 5.71. The second kappa shape index (κ2) is 9.47. The van der Waals surface area contributed by atoms with E-state index in [0.29, 0.717) is 12.0 Å². The van der Waals surface area contributed by atoms with Crippen LogP contribution in [0, 0.1) is 6.07 Å². The number of allylic oxidation sites excluding steroid dienone is 1. The van der Waals surface area contributed by atoms with E-state index in [-0.39, 0.29) is 32.7 Å². The molecule has 1 fully saturated rings. The van der Waals surface area contributed by atoms with Crippen molar-refractivity contribution in [3.63, 3.8) is 0 Å². The van der Waals surface area contributed by atoms with Crippen molar-refractivity contribution < 1.29 is 32.7 Å². The minimum atomic E-state index is 0. The Kier molecular flexibility index (Phi) is 8.35. The van der Waals surface area contributed by atoms with E-state index in [9.17, 15) is 0 Å². The molecule has 2 rings (SSSR count). The predicted molar refractivity (Wildman–Crippen MR) is 84.7 cm³/mol. The van der Waals surface area contributed by atoms with E-state index in [4.69, 9.17) is 5.73 Å². The third kappa shape index (κ3) is 5.63. The summed E-state index contributed by atoms with van der Waals surface area (Å²) in [6.07, 6.45) is 11.6. The quantitative estimate of drug-likeness (QED) is 0.658. The van der Waals surface area contributed by atoms with Gasteiger partial charge in [0, 0.05) is 45.0 Å². The minimum absolute atomic E-state index is 0. The Morgan fingerprint density at radius 2 is 2.10 bits per heavy atom. The van der Waals surface area contributed by atoms with Crippen molar-refractivity contribution in [1.29, 1.82) is 0 Å². The third-order valence-corrected chi connectivity index (χ3v) is 3.81. The number of hydrogen-bond donors (Lipinski definition) is 1. The van der Waals surface area contributed by atoms with Crippen LogP contribution in [-0.2, 0) is 32.7 Å². The summed E-state index contributed by atoms with van der Waals surface area (Å²) in [6, 6.07) is 5.63. The molecule has 3 nitrogen and oxygen atoms in total. The molecule has 0 amide bonds. The number of nitrogens with zero attached hydrogens (tertiary/aromatic N) is 2. The fraction of sp³-hybridized carbons (Fsp3) is 0.529. The van der Waals surface area contributed by atoms with Gasteiger partial charge in [-0.15, -0.1) is 5.56 Å². The van der Waals surface area contributed by atoms with Gasteiger partial charge in [0.2, 0.25) is 0 Å². The van der Waals surface area contributed by atoms with Gasteiger partial charge in [0.1, 0.15) is 0 Å². The molecule has 0 aliphatic heterocycles. The van der Waals surface area contributed by atoms with Crippen LogP contribution in [0.15, 0.2) is 23.5 Å². The molecule has 0 bridgehead atoms. The van der Waals surface area contributed by atoms with Gasteiger partial charge in [-0.1, -0.05) is 39.3 Å². The van der Waals surface area contributed by atoms with Crippen LogP contribution in [0.1, 0.15) is 63.1 Å². The molecule has 1 aromatic heterocycles. The predicted octanol–water partition coefficient (Wildman–Crippen LogP) is 3.71. The average Bonchev–Trinajstić information content (AvgIpc) is 2.49. The normalized spacial score (nSPS) is 17.2. The van der Waals surface area contributed by atoms with E-state index < -0.39 is 0 Å². The first kappa shape index (κ1) is 18.5. The van der Waals surface area contributed by atoms with Gasteiger partial charge in [0.25, 0.3) is 0 Å². The van der Waals surface area contributed by atoms with E-state index in [1.54, 1.807) is 6.20 Å². The SMILES string of the molecule is CC(C)c1[c-]cc(/C(C=NC2CCCCC2)=C/N)nc1.[Y]. The van der Waals surface area contributed by atoms with Crippen LogP contribution in [0.3, 0.4) is 0 Å². The molecule has 2 N–H and O–H groups in total. The fourth-order valence-electron chi connectivity index (χ4n) is 2.45. The number of pyridine rings is 1. The van der Waals surface area contributed by atoms with Gasteiger partial charge in [-0.2, -0.15) is 12.1 Å². The van der Waals surface area contributed by atoms with E-state index in [1.165, 1.54) is 32.1 Å². The molecule has 1 saturated carbocycles. The van der Waals surface area contributed by atoms with Crippen molar-refractivity contribution in [2.45, 2.75) is 57.9 Å². The largest absolute Gasteiger partial charge is 0.405 e. The Balaban J connectivity index is 0.00000220. The molecule has 1 heterocycles. The van der Waals surface area contributed by atoms with E-state index in [2.05, 4.69) is 29.9 Å². The Morgan fingerprint density at radius 1 is 1.38 bits per heavy atom. The first-order chi connectivity index (χ1) is 9.70. The zero-order chi connectivity index (χ0) is 14.4. The third-order valence-electron chi connectivity index (χ3n) is 3.81. The van der Waals surface area contributed by atoms with Gasteiger partial charge in [0.05, 0.1) is 0 Å². The van der Waals surface area contributed by atoms with Crippen molar-refractivity contribution in [2.24, 2.45) is 10.7 Å². The molecule has 1 radical (unpaired) electrons. The van der Waals surface area contributed by atoms with Crippen LogP contribution in [-0.4, -0.2) is 17.2 Å².